The Morgan fingerprint density at radius 2 is 2.29 bits per heavy atom. The van der Waals surface area contributed by atoms with Crippen LogP contribution in [0, 0.1) is 11.7 Å². The molecule has 1 aliphatic rings. The number of benzene rings is 1. The molecule has 1 fully saturated rings. The molecule has 1 saturated heterocycles. The number of nitrogens with one attached hydrogen (secondary N) is 1. The van der Waals surface area contributed by atoms with Gasteiger partial charge >= 0.3 is 0 Å². The first-order valence-electron chi connectivity index (χ1n) is 4.85. The summed E-state index contributed by atoms with van der Waals surface area (Å²) in [6, 6.07) is 4.76. The Morgan fingerprint density at radius 1 is 1.50 bits per heavy atom. The van der Waals surface area contributed by atoms with Crippen molar-refractivity contribution in [1.29, 1.82) is 0 Å². The first kappa shape index (κ1) is 9.94. The van der Waals surface area contributed by atoms with Gasteiger partial charge in [0.05, 0.1) is 0 Å². The molecule has 0 spiro atoms. The third-order valence-electron chi connectivity index (χ3n) is 2.68. The molecule has 0 amide bonds. The van der Waals surface area contributed by atoms with Crippen molar-refractivity contribution in [1.82, 2.24) is 5.32 Å². The van der Waals surface area contributed by atoms with Gasteiger partial charge in [-0.2, -0.15) is 0 Å². The molecule has 14 heavy (non-hydrogen) atoms. The fourth-order valence-corrected chi connectivity index (χ4v) is 2.18. The van der Waals surface area contributed by atoms with Gasteiger partial charge in [-0.15, -0.1) is 0 Å². The van der Waals surface area contributed by atoms with Crippen molar-refractivity contribution >= 4 is 11.6 Å². The zero-order valence-electron chi connectivity index (χ0n) is 8.06. The molecular formula is C11H13ClFN. The fourth-order valence-electron chi connectivity index (χ4n) is 1.93. The highest BCUT2D eigenvalue weighted by Crippen LogP contribution is 2.31. The second-order valence-corrected chi connectivity index (χ2v) is 4.37. The molecule has 1 heterocycles. The molecule has 1 nitrogen and oxygen atoms in total. The van der Waals surface area contributed by atoms with Crippen molar-refractivity contribution in [2.24, 2.45) is 5.92 Å². The summed E-state index contributed by atoms with van der Waals surface area (Å²) in [5, 5.41) is 3.99. The predicted octanol–water partition coefficient (Wildman–Crippen LogP) is 3.15. The van der Waals surface area contributed by atoms with Crippen LogP contribution in [0.15, 0.2) is 18.2 Å². The molecule has 1 aromatic carbocycles. The summed E-state index contributed by atoms with van der Waals surface area (Å²) < 4.78 is 13.0. The lowest BCUT2D eigenvalue weighted by Gasteiger charge is -2.12. The van der Waals surface area contributed by atoms with E-state index in [-0.39, 0.29) is 11.9 Å². The van der Waals surface area contributed by atoms with E-state index in [1.54, 1.807) is 6.07 Å². The molecule has 1 N–H and O–H groups in total. The van der Waals surface area contributed by atoms with Crippen molar-refractivity contribution in [3.63, 3.8) is 0 Å². The summed E-state index contributed by atoms with van der Waals surface area (Å²) in [7, 11) is 0. The van der Waals surface area contributed by atoms with Crippen molar-refractivity contribution in [2.75, 3.05) is 6.54 Å². The van der Waals surface area contributed by atoms with Crippen LogP contribution in [0.25, 0.3) is 0 Å². The van der Waals surface area contributed by atoms with E-state index in [9.17, 15) is 4.39 Å². The number of rotatable bonds is 1. The maximum absolute atomic E-state index is 13.0. The van der Waals surface area contributed by atoms with Gasteiger partial charge in [0, 0.05) is 11.1 Å². The summed E-state index contributed by atoms with van der Waals surface area (Å²) >= 11 is 6.02. The third-order valence-corrected chi connectivity index (χ3v) is 3.03. The predicted molar refractivity (Wildman–Crippen MR) is 55.9 cm³/mol. The van der Waals surface area contributed by atoms with Gasteiger partial charge in [-0.1, -0.05) is 18.5 Å². The maximum Gasteiger partial charge on any atom is 0.123 e. The van der Waals surface area contributed by atoms with Crippen molar-refractivity contribution < 1.29 is 4.39 Å². The van der Waals surface area contributed by atoms with Crippen LogP contribution in [0.3, 0.4) is 0 Å². The quantitative estimate of drug-likeness (QED) is 0.756. The lowest BCUT2D eigenvalue weighted by Crippen LogP contribution is -2.13. The van der Waals surface area contributed by atoms with E-state index in [1.807, 2.05) is 0 Å². The average molecular weight is 214 g/mol. The molecule has 0 radical (unpaired) electrons. The van der Waals surface area contributed by atoms with E-state index in [1.165, 1.54) is 12.1 Å². The Morgan fingerprint density at radius 3 is 2.93 bits per heavy atom. The zero-order chi connectivity index (χ0) is 10.1. The molecule has 1 aromatic rings. The molecule has 0 aliphatic carbocycles. The second-order valence-electron chi connectivity index (χ2n) is 3.97. The molecule has 76 valence electrons. The molecule has 0 bridgehead atoms. The number of hydrogen-bond acceptors (Lipinski definition) is 1. The summed E-state index contributed by atoms with van der Waals surface area (Å²) in [6.45, 7) is 3.16. The fraction of sp³-hybridized carbons (Fsp3) is 0.455. The van der Waals surface area contributed by atoms with Crippen LogP contribution in [-0.2, 0) is 0 Å². The third kappa shape index (κ3) is 1.91. The minimum Gasteiger partial charge on any atom is -0.310 e. The zero-order valence-corrected chi connectivity index (χ0v) is 8.81. The highest BCUT2D eigenvalue weighted by molar-refractivity contribution is 6.31. The smallest absolute Gasteiger partial charge is 0.123 e. The van der Waals surface area contributed by atoms with E-state index >= 15 is 0 Å². The number of hydrogen-bond donors (Lipinski definition) is 1. The largest absolute Gasteiger partial charge is 0.310 e. The van der Waals surface area contributed by atoms with Crippen molar-refractivity contribution in [3.8, 4) is 0 Å². The van der Waals surface area contributed by atoms with Gasteiger partial charge in [-0.3, -0.25) is 0 Å². The van der Waals surface area contributed by atoms with Gasteiger partial charge < -0.3 is 5.32 Å². The molecule has 2 rings (SSSR count). The van der Waals surface area contributed by atoms with Crippen LogP contribution in [0.1, 0.15) is 24.9 Å². The molecular weight excluding hydrogens is 201 g/mol. The normalized spacial score (nSPS) is 26.8. The SMILES string of the molecule is C[C@H]1CN[C@@H](c2cc(F)ccc2Cl)C1. The highest BCUT2D eigenvalue weighted by atomic mass is 35.5. The Balaban J connectivity index is 2.27. The lowest BCUT2D eigenvalue weighted by atomic mass is 10.0. The lowest BCUT2D eigenvalue weighted by molar-refractivity contribution is 0.594. The van der Waals surface area contributed by atoms with Crippen LogP contribution in [0.4, 0.5) is 4.39 Å². The Kier molecular flexibility index (Phi) is 2.75. The molecule has 1 aliphatic heterocycles. The van der Waals surface area contributed by atoms with Gasteiger partial charge in [0.15, 0.2) is 0 Å². The van der Waals surface area contributed by atoms with E-state index in [0.717, 1.165) is 18.5 Å². The molecule has 2 atom stereocenters. The van der Waals surface area contributed by atoms with Gasteiger partial charge in [-0.05, 0) is 42.6 Å². The Bertz CT molecular complexity index is 340. The first-order valence-corrected chi connectivity index (χ1v) is 5.23. The van der Waals surface area contributed by atoms with Crippen LogP contribution in [0.5, 0.6) is 0 Å². The first-order chi connectivity index (χ1) is 6.66. The summed E-state index contributed by atoms with van der Waals surface area (Å²) in [5.74, 6) is 0.421. The van der Waals surface area contributed by atoms with Crippen LogP contribution >= 0.6 is 11.6 Å². The van der Waals surface area contributed by atoms with Crippen LogP contribution < -0.4 is 5.32 Å². The monoisotopic (exact) mass is 213 g/mol. The van der Waals surface area contributed by atoms with Gasteiger partial charge in [0.1, 0.15) is 5.82 Å². The molecule has 0 aromatic heterocycles. The highest BCUT2D eigenvalue weighted by Gasteiger charge is 2.23. The number of halogens is 2. The molecule has 0 saturated carbocycles. The summed E-state index contributed by atoms with van der Waals surface area (Å²) in [4.78, 5) is 0. The van der Waals surface area contributed by atoms with E-state index in [4.69, 9.17) is 11.6 Å². The van der Waals surface area contributed by atoms with Crippen molar-refractivity contribution in [2.45, 2.75) is 19.4 Å². The summed E-state index contributed by atoms with van der Waals surface area (Å²) in [5.41, 5.74) is 0.885. The van der Waals surface area contributed by atoms with Gasteiger partial charge in [0.25, 0.3) is 0 Å². The Labute approximate surface area is 88.3 Å². The minimum atomic E-state index is -0.217. The van der Waals surface area contributed by atoms with E-state index < -0.39 is 0 Å². The molecule has 0 unspecified atom stereocenters. The van der Waals surface area contributed by atoms with Gasteiger partial charge in [-0.25, -0.2) is 4.39 Å². The maximum atomic E-state index is 13.0. The van der Waals surface area contributed by atoms with E-state index in [2.05, 4.69) is 12.2 Å². The average Bonchev–Trinajstić information content (AvgIpc) is 2.56. The van der Waals surface area contributed by atoms with Gasteiger partial charge in [0.2, 0.25) is 0 Å². The second kappa shape index (κ2) is 3.87. The van der Waals surface area contributed by atoms with E-state index in [0.29, 0.717) is 10.9 Å². The molecule has 3 heteroatoms. The summed E-state index contributed by atoms with van der Waals surface area (Å²) in [6.07, 6.45) is 1.03. The van der Waals surface area contributed by atoms with Crippen LogP contribution in [0.2, 0.25) is 5.02 Å². The van der Waals surface area contributed by atoms with Crippen molar-refractivity contribution in [3.05, 3.63) is 34.6 Å². The minimum absolute atomic E-state index is 0.216. The van der Waals surface area contributed by atoms with Crippen LogP contribution in [-0.4, -0.2) is 6.54 Å². The standard InChI is InChI=1S/C11H13ClFN/c1-7-4-11(14-6-7)9-5-8(13)2-3-10(9)12/h2-3,5,7,11,14H,4,6H2,1H3/t7-,11-/m1/s1. The Hall–Kier alpha value is -0.600. The topological polar surface area (TPSA) is 12.0 Å².